The third-order valence-corrected chi connectivity index (χ3v) is 4.24. The molecule has 2 heterocycles. The number of carbonyl (C=O) groups excluding carboxylic acids is 1. The van der Waals surface area contributed by atoms with E-state index in [9.17, 15) is 4.79 Å². The number of pyridine rings is 1. The Morgan fingerprint density at radius 1 is 1.41 bits per heavy atom. The normalized spacial score (nSPS) is 24.4. The summed E-state index contributed by atoms with van der Waals surface area (Å²) < 4.78 is 5.44. The van der Waals surface area contributed by atoms with Gasteiger partial charge in [-0.3, -0.25) is 4.98 Å². The van der Waals surface area contributed by atoms with Crippen molar-refractivity contribution < 1.29 is 9.53 Å². The van der Waals surface area contributed by atoms with Gasteiger partial charge in [0, 0.05) is 25.3 Å². The zero-order valence-corrected chi connectivity index (χ0v) is 13.6. The van der Waals surface area contributed by atoms with Crippen LogP contribution in [-0.4, -0.2) is 40.7 Å². The van der Waals surface area contributed by atoms with E-state index in [0.29, 0.717) is 18.6 Å². The van der Waals surface area contributed by atoms with Crippen LogP contribution in [0.25, 0.3) is 0 Å². The minimum Gasteiger partial charge on any atom is -0.444 e. The first-order valence-electron chi connectivity index (χ1n) is 8.10. The Morgan fingerprint density at radius 2 is 2.23 bits per heavy atom. The Morgan fingerprint density at radius 3 is 3.00 bits per heavy atom. The van der Waals surface area contributed by atoms with E-state index in [1.165, 1.54) is 11.3 Å². The summed E-state index contributed by atoms with van der Waals surface area (Å²) in [4.78, 5) is 18.4. The number of hydrogen-bond donors (Lipinski definition) is 1. The minimum atomic E-state index is -0.434. The summed E-state index contributed by atoms with van der Waals surface area (Å²) in [5.74, 6) is 0. The molecule has 1 saturated heterocycles. The highest BCUT2D eigenvalue weighted by Gasteiger charge is 2.32. The van der Waals surface area contributed by atoms with Crippen LogP contribution in [0.4, 0.5) is 4.79 Å². The van der Waals surface area contributed by atoms with Crippen molar-refractivity contribution in [1.82, 2.24) is 15.2 Å². The summed E-state index contributed by atoms with van der Waals surface area (Å²) in [5, 5.41) is 3.67. The summed E-state index contributed by atoms with van der Waals surface area (Å²) in [6.07, 6.45) is 4.80. The molecule has 0 radical (unpaired) electrons. The van der Waals surface area contributed by atoms with Crippen LogP contribution in [0.5, 0.6) is 0 Å². The first kappa shape index (κ1) is 15.3. The Kier molecular flexibility index (Phi) is 4.08. The van der Waals surface area contributed by atoms with E-state index in [1.54, 1.807) is 4.90 Å². The minimum absolute atomic E-state index is 0.207. The van der Waals surface area contributed by atoms with Crippen LogP contribution in [0.15, 0.2) is 18.3 Å². The number of ether oxygens (including phenoxy) is 1. The van der Waals surface area contributed by atoms with Crippen molar-refractivity contribution in [3.05, 3.63) is 29.6 Å². The van der Waals surface area contributed by atoms with Crippen LogP contribution in [-0.2, 0) is 11.2 Å². The van der Waals surface area contributed by atoms with Crippen LogP contribution in [0.1, 0.15) is 50.9 Å². The number of aromatic nitrogens is 1. The molecule has 0 aromatic carbocycles. The molecule has 0 spiro atoms. The summed E-state index contributed by atoms with van der Waals surface area (Å²) in [6, 6.07) is 4.80. The second kappa shape index (κ2) is 5.88. The van der Waals surface area contributed by atoms with Gasteiger partial charge in [0.05, 0.1) is 11.7 Å². The molecule has 0 saturated carbocycles. The van der Waals surface area contributed by atoms with Gasteiger partial charge in [0.2, 0.25) is 0 Å². The van der Waals surface area contributed by atoms with Crippen molar-refractivity contribution in [2.45, 2.75) is 57.7 Å². The van der Waals surface area contributed by atoms with E-state index in [2.05, 4.69) is 16.4 Å². The van der Waals surface area contributed by atoms with E-state index in [4.69, 9.17) is 4.74 Å². The number of carbonyl (C=O) groups is 1. The lowest BCUT2D eigenvalue weighted by Gasteiger charge is -2.25. The lowest BCUT2D eigenvalue weighted by atomic mass is 10.1. The first-order chi connectivity index (χ1) is 10.4. The molecule has 1 aromatic rings. The number of nitrogens with one attached hydrogen (secondary N) is 1. The van der Waals surface area contributed by atoms with Gasteiger partial charge in [-0.15, -0.1) is 0 Å². The highest BCUT2D eigenvalue weighted by Crippen LogP contribution is 2.30. The summed E-state index contributed by atoms with van der Waals surface area (Å²) in [7, 11) is 0. The molecule has 0 bridgehead atoms. The van der Waals surface area contributed by atoms with Crippen molar-refractivity contribution in [2.24, 2.45) is 0 Å². The summed E-state index contributed by atoms with van der Waals surface area (Å²) in [5.41, 5.74) is 2.09. The summed E-state index contributed by atoms with van der Waals surface area (Å²) in [6.45, 7) is 7.18. The van der Waals surface area contributed by atoms with E-state index in [1.807, 2.05) is 33.0 Å². The van der Waals surface area contributed by atoms with Gasteiger partial charge in [-0.05, 0) is 51.7 Å². The Balaban J connectivity index is 1.55. The zero-order valence-electron chi connectivity index (χ0n) is 13.6. The molecule has 2 atom stereocenters. The van der Waals surface area contributed by atoms with Crippen molar-refractivity contribution in [3.63, 3.8) is 0 Å². The number of hydrogen-bond acceptors (Lipinski definition) is 4. The van der Waals surface area contributed by atoms with E-state index in [0.717, 1.165) is 25.8 Å². The molecule has 1 aliphatic heterocycles. The maximum absolute atomic E-state index is 12.1. The van der Waals surface area contributed by atoms with Crippen LogP contribution in [0.2, 0.25) is 0 Å². The van der Waals surface area contributed by atoms with E-state index < -0.39 is 5.60 Å². The molecule has 1 aliphatic carbocycles. The van der Waals surface area contributed by atoms with Crippen LogP contribution in [0.3, 0.4) is 0 Å². The maximum atomic E-state index is 12.1. The number of fused-ring (bicyclic) bond motifs is 1. The Bertz CT molecular complexity index is 553. The number of rotatable bonds is 2. The molecule has 5 nitrogen and oxygen atoms in total. The first-order valence-corrected chi connectivity index (χ1v) is 8.10. The third-order valence-electron chi connectivity index (χ3n) is 4.24. The Labute approximate surface area is 132 Å². The van der Waals surface area contributed by atoms with E-state index >= 15 is 0 Å². The molecule has 2 unspecified atom stereocenters. The Hall–Kier alpha value is -1.62. The lowest BCUT2D eigenvalue weighted by molar-refractivity contribution is 0.0290. The number of amides is 1. The molecule has 120 valence electrons. The van der Waals surface area contributed by atoms with Crippen LogP contribution >= 0.6 is 0 Å². The largest absolute Gasteiger partial charge is 0.444 e. The number of likely N-dealkylation sites (tertiary alicyclic amines) is 1. The van der Waals surface area contributed by atoms with Gasteiger partial charge in [0.15, 0.2) is 0 Å². The van der Waals surface area contributed by atoms with Crippen molar-refractivity contribution in [3.8, 4) is 0 Å². The fourth-order valence-electron chi connectivity index (χ4n) is 3.25. The SMILES string of the molecule is CC(C)(C)OC(=O)N1CCC(NC2CCc3cccnc32)C1. The zero-order chi connectivity index (χ0) is 15.7. The van der Waals surface area contributed by atoms with Crippen molar-refractivity contribution in [2.75, 3.05) is 13.1 Å². The maximum Gasteiger partial charge on any atom is 0.410 e. The van der Waals surface area contributed by atoms with Gasteiger partial charge >= 0.3 is 6.09 Å². The third kappa shape index (κ3) is 3.40. The number of nitrogens with zero attached hydrogens (tertiary/aromatic N) is 2. The second-order valence-corrected chi connectivity index (χ2v) is 7.22. The van der Waals surface area contributed by atoms with E-state index in [-0.39, 0.29) is 6.09 Å². The monoisotopic (exact) mass is 303 g/mol. The molecule has 22 heavy (non-hydrogen) atoms. The topological polar surface area (TPSA) is 54.5 Å². The van der Waals surface area contributed by atoms with Gasteiger partial charge in [0.25, 0.3) is 0 Å². The van der Waals surface area contributed by atoms with Crippen LogP contribution in [0, 0.1) is 0 Å². The quantitative estimate of drug-likeness (QED) is 0.912. The smallest absolute Gasteiger partial charge is 0.410 e. The average molecular weight is 303 g/mol. The predicted octanol–water partition coefficient (Wildman–Crippen LogP) is 2.67. The number of aryl methyl sites for hydroxylation is 1. The second-order valence-electron chi connectivity index (χ2n) is 7.22. The van der Waals surface area contributed by atoms with Crippen LogP contribution < -0.4 is 5.32 Å². The molecule has 1 aromatic heterocycles. The molecule has 1 N–H and O–H groups in total. The lowest BCUT2D eigenvalue weighted by Crippen LogP contribution is -2.39. The molecule has 2 aliphatic rings. The molecule has 5 heteroatoms. The fourth-order valence-corrected chi connectivity index (χ4v) is 3.25. The molecule has 1 fully saturated rings. The fraction of sp³-hybridized carbons (Fsp3) is 0.647. The van der Waals surface area contributed by atoms with Gasteiger partial charge in [-0.25, -0.2) is 4.79 Å². The van der Waals surface area contributed by atoms with Gasteiger partial charge in [-0.1, -0.05) is 6.07 Å². The van der Waals surface area contributed by atoms with Gasteiger partial charge < -0.3 is 15.0 Å². The molecular formula is C17H25N3O2. The summed E-state index contributed by atoms with van der Waals surface area (Å²) >= 11 is 0. The highest BCUT2D eigenvalue weighted by atomic mass is 16.6. The average Bonchev–Trinajstić information content (AvgIpc) is 3.05. The van der Waals surface area contributed by atoms with Gasteiger partial charge in [-0.2, -0.15) is 0 Å². The standard InChI is InChI=1S/C17H25N3O2/c1-17(2,3)22-16(21)20-10-8-13(11-20)19-14-7-6-12-5-4-9-18-15(12)14/h4-5,9,13-14,19H,6-8,10-11H2,1-3H3. The van der Waals surface area contributed by atoms with Gasteiger partial charge in [0.1, 0.15) is 5.60 Å². The van der Waals surface area contributed by atoms with Crippen molar-refractivity contribution >= 4 is 6.09 Å². The molecule has 3 rings (SSSR count). The molecule has 1 amide bonds. The predicted molar refractivity (Wildman–Crippen MR) is 84.6 cm³/mol. The highest BCUT2D eigenvalue weighted by molar-refractivity contribution is 5.68. The molecular weight excluding hydrogens is 278 g/mol. The van der Waals surface area contributed by atoms with Crippen molar-refractivity contribution in [1.29, 1.82) is 0 Å².